The molecule has 0 saturated heterocycles. The number of carbonyl (C=O) groups excluding carboxylic acids is 2. The van der Waals surface area contributed by atoms with Crippen molar-refractivity contribution >= 4 is 56.5 Å². The minimum Gasteiger partial charge on any atom is -0.303 e. The Morgan fingerprint density at radius 1 is 1.19 bits per heavy atom. The van der Waals surface area contributed by atoms with Gasteiger partial charge in [-0.3, -0.25) is 9.59 Å². The molecule has 1 aromatic rings. The summed E-state index contributed by atoms with van der Waals surface area (Å²) >= 11 is 15.7. The predicted octanol–water partition coefficient (Wildman–Crippen LogP) is 4.58. The Morgan fingerprint density at radius 3 is 2.29 bits per heavy atom. The first-order valence-corrected chi connectivity index (χ1v) is 8.46. The number of Topliss-reactive ketones (excluding diaryl/α,β-unsaturated/α-hetero) is 1. The Morgan fingerprint density at radius 2 is 1.76 bits per heavy atom. The third kappa shape index (κ3) is 2.99. The van der Waals surface area contributed by atoms with Gasteiger partial charge in [-0.15, -0.1) is 0 Å². The van der Waals surface area contributed by atoms with Crippen LogP contribution in [-0.4, -0.2) is 23.6 Å². The molecule has 1 heterocycles. The fourth-order valence-electron chi connectivity index (χ4n) is 2.30. The van der Waals surface area contributed by atoms with Gasteiger partial charge in [-0.2, -0.15) is 0 Å². The second kappa shape index (κ2) is 5.90. The molecule has 1 aromatic carbocycles. The van der Waals surface area contributed by atoms with Gasteiger partial charge in [0.1, 0.15) is 0 Å². The van der Waals surface area contributed by atoms with Crippen LogP contribution in [0.25, 0.3) is 0 Å². The molecular weight excluding hydrogens is 377 g/mol. The van der Waals surface area contributed by atoms with Crippen LogP contribution in [-0.2, 0) is 4.79 Å². The van der Waals surface area contributed by atoms with E-state index in [0.717, 1.165) is 5.33 Å². The second-order valence-electron chi connectivity index (χ2n) is 6.21. The predicted molar refractivity (Wildman–Crippen MR) is 89.9 cm³/mol. The molecule has 0 fully saturated rings. The monoisotopic (exact) mass is 391 g/mol. The van der Waals surface area contributed by atoms with E-state index in [9.17, 15) is 9.59 Å². The van der Waals surface area contributed by atoms with Crippen molar-refractivity contribution in [3.63, 3.8) is 0 Å². The van der Waals surface area contributed by atoms with Crippen molar-refractivity contribution in [2.24, 2.45) is 11.3 Å². The number of fused-ring (bicyclic) bond motifs is 1. The summed E-state index contributed by atoms with van der Waals surface area (Å²) in [7, 11) is 0. The molecule has 114 valence electrons. The number of hydrogen-bond acceptors (Lipinski definition) is 2. The molecule has 0 N–H and O–H groups in total. The maximum atomic E-state index is 12.3. The third-order valence-electron chi connectivity index (χ3n) is 3.83. The van der Waals surface area contributed by atoms with Crippen molar-refractivity contribution in [1.82, 2.24) is 0 Å². The normalized spacial score (nSPS) is 16.4. The highest BCUT2D eigenvalue weighted by molar-refractivity contribution is 9.09. The number of benzene rings is 1. The molecule has 0 radical (unpaired) electrons. The lowest BCUT2D eigenvalue weighted by Gasteiger charge is -2.32. The molecule has 3 nitrogen and oxygen atoms in total. The van der Waals surface area contributed by atoms with Crippen LogP contribution in [0.15, 0.2) is 12.1 Å². The van der Waals surface area contributed by atoms with E-state index in [4.69, 9.17) is 23.2 Å². The van der Waals surface area contributed by atoms with Gasteiger partial charge >= 0.3 is 0 Å². The smallest absolute Gasteiger partial charge is 0.299 e. The first kappa shape index (κ1) is 16.8. The van der Waals surface area contributed by atoms with Crippen LogP contribution in [0.3, 0.4) is 0 Å². The summed E-state index contributed by atoms with van der Waals surface area (Å²) in [5, 5.41) is 1.36. The molecule has 0 spiro atoms. The molecule has 0 saturated carbocycles. The Hall–Kier alpha value is -0.580. The second-order valence-corrected chi connectivity index (χ2v) is 7.68. The van der Waals surface area contributed by atoms with Crippen molar-refractivity contribution in [2.75, 3.05) is 16.8 Å². The van der Waals surface area contributed by atoms with E-state index in [-0.39, 0.29) is 21.9 Å². The van der Waals surface area contributed by atoms with E-state index in [2.05, 4.69) is 36.7 Å². The molecule has 0 aliphatic carbocycles. The van der Waals surface area contributed by atoms with E-state index >= 15 is 0 Å². The molecule has 1 unspecified atom stereocenters. The Bertz CT molecular complexity index is 610. The van der Waals surface area contributed by atoms with E-state index < -0.39 is 11.7 Å². The van der Waals surface area contributed by atoms with Crippen LogP contribution in [0.5, 0.6) is 0 Å². The lowest BCUT2D eigenvalue weighted by Crippen LogP contribution is -2.39. The van der Waals surface area contributed by atoms with Crippen LogP contribution in [0.1, 0.15) is 31.1 Å². The lowest BCUT2D eigenvalue weighted by atomic mass is 9.82. The number of alkyl halides is 1. The van der Waals surface area contributed by atoms with Crippen molar-refractivity contribution in [2.45, 2.75) is 20.8 Å². The number of anilines is 1. The van der Waals surface area contributed by atoms with Crippen LogP contribution in [0.4, 0.5) is 5.69 Å². The lowest BCUT2D eigenvalue weighted by molar-refractivity contribution is -0.114. The highest BCUT2D eigenvalue weighted by atomic mass is 79.9. The van der Waals surface area contributed by atoms with E-state index in [1.807, 2.05) is 0 Å². The summed E-state index contributed by atoms with van der Waals surface area (Å²) < 4.78 is 0. The highest BCUT2D eigenvalue weighted by Gasteiger charge is 2.41. The largest absolute Gasteiger partial charge is 0.303 e. The molecule has 1 aliphatic heterocycles. The topological polar surface area (TPSA) is 37.4 Å². The van der Waals surface area contributed by atoms with Gasteiger partial charge < -0.3 is 4.90 Å². The molecule has 0 aromatic heterocycles. The van der Waals surface area contributed by atoms with Gasteiger partial charge in [0.25, 0.3) is 11.7 Å². The zero-order valence-corrected chi connectivity index (χ0v) is 15.1. The summed E-state index contributed by atoms with van der Waals surface area (Å²) in [6.45, 7) is 6.72. The summed E-state index contributed by atoms with van der Waals surface area (Å²) in [6, 6.07) is 3.16. The number of amides is 1. The molecule has 21 heavy (non-hydrogen) atoms. The van der Waals surface area contributed by atoms with Crippen LogP contribution in [0.2, 0.25) is 10.0 Å². The minimum absolute atomic E-state index is 0.0133. The van der Waals surface area contributed by atoms with Crippen molar-refractivity contribution < 1.29 is 9.59 Å². The maximum absolute atomic E-state index is 12.3. The number of hydrogen-bond donors (Lipinski definition) is 0. The number of carbonyl (C=O) groups is 2. The SMILES string of the molecule is CC(C)(C)C(CBr)CN1C(=O)C(=O)c2c(Cl)ccc(Cl)c21. The molecule has 1 atom stereocenters. The molecule has 1 aliphatic rings. The first-order chi connectivity index (χ1) is 9.68. The van der Waals surface area contributed by atoms with E-state index in [1.54, 1.807) is 12.1 Å². The Labute approximate surface area is 142 Å². The average molecular weight is 393 g/mol. The van der Waals surface area contributed by atoms with Gasteiger partial charge in [0, 0.05) is 11.9 Å². The van der Waals surface area contributed by atoms with E-state index in [1.165, 1.54) is 4.90 Å². The molecular formula is C15H16BrCl2NO2. The Kier molecular flexibility index (Phi) is 4.72. The van der Waals surface area contributed by atoms with Crippen LogP contribution in [0, 0.1) is 11.3 Å². The number of nitrogens with zero attached hydrogens (tertiary/aromatic N) is 1. The third-order valence-corrected chi connectivity index (χ3v) is 5.23. The molecule has 6 heteroatoms. The first-order valence-electron chi connectivity index (χ1n) is 6.58. The van der Waals surface area contributed by atoms with Gasteiger partial charge in [0.05, 0.1) is 21.3 Å². The standard InChI is InChI=1S/C15H16BrCl2NO2/c1-15(2,3)8(6-16)7-19-12-10(18)5-4-9(17)11(12)13(20)14(19)21/h4-5,8H,6-7H2,1-3H3. The zero-order chi connectivity index (χ0) is 15.9. The zero-order valence-electron chi connectivity index (χ0n) is 12.0. The molecule has 1 amide bonds. The van der Waals surface area contributed by atoms with Crippen molar-refractivity contribution in [1.29, 1.82) is 0 Å². The molecule has 2 rings (SSSR count). The highest BCUT2D eigenvalue weighted by Crippen LogP contribution is 2.41. The summed E-state index contributed by atoms with van der Waals surface area (Å²) in [5.41, 5.74) is 0.645. The quantitative estimate of drug-likeness (QED) is 0.557. The summed E-state index contributed by atoms with van der Waals surface area (Å²) in [6.07, 6.45) is 0. The maximum Gasteiger partial charge on any atom is 0.299 e. The van der Waals surface area contributed by atoms with Gasteiger partial charge in [-0.25, -0.2) is 0 Å². The molecule has 0 bridgehead atoms. The fraction of sp³-hybridized carbons (Fsp3) is 0.467. The van der Waals surface area contributed by atoms with E-state index in [0.29, 0.717) is 17.3 Å². The number of halogens is 3. The van der Waals surface area contributed by atoms with Crippen molar-refractivity contribution in [3.8, 4) is 0 Å². The number of ketones is 1. The van der Waals surface area contributed by atoms with Gasteiger partial charge in [-0.05, 0) is 23.5 Å². The fourth-order valence-corrected chi connectivity index (χ4v) is 3.97. The number of rotatable bonds is 3. The van der Waals surface area contributed by atoms with Crippen LogP contribution < -0.4 is 4.90 Å². The van der Waals surface area contributed by atoms with Crippen molar-refractivity contribution in [3.05, 3.63) is 27.7 Å². The average Bonchev–Trinajstić information content (AvgIpc) is 2.64. The minimum atomic E-state index is -0.584. The van der Waals surface area contributed by atoms with Crippen LogP contribution >= 0.6 is 39.1 Å². The van der Waals surface area contributed by atoms with Gasteiger partial charge in [0.2, 0.25) is 0 Å². The van der Waals surface area contributed by atoms with Gasteiger partial charge in [-0.1, -0.05) is 59.9 Å². The van der Waals surface area contributed by atoms with Gasteiger partial charge in [0.15, 0.2) is 0 Å². The summed E-state index contributed by atoms with van der Waals surface area (Å²) in [4.78, 5) is 25.9. The Balaban J connectivity index is 2.47. The summed E-state index contributed by atoms with van der Waals surface area (Å²) in [5.74, 6) is -0.967.